The van der Waals surface area contributed by atoms with Crippen molar-refractivity contribution in [1.29, 1.82) is 0 Å². The van der Waals surface area contributed by atoms with E-state index in [1.54, 1.807) is 37.3 Å². The molecule has 110 valence electrons. The van der Waals surface area contributed by atoms with Gasteiger partial charge in [-0.2, -0.15) is 0 Å². The number of rotatable bonds is 6. The Kier molecular flexibility index (Phi) is 4.93. The van der Waals surface area contributed by atoms with Crippen LogP contribution in [0.4, 0.5) is 4.39 Å². The highest BCUT2D eigenvalue weighted by atomic mass is 19.1. The summed E-state index contributed by atoms with van der Waals surface area (Å²) in [6.07, 6.45) is 0. The van der Waals surface area contributed by atoms with E-state index in [2.05, 4.69) is 0 Å². The highest BCUT2D eigenvalue weighted by molar-refractivity contribution is 5.97. The number of aryl methyl sites for hydroxylation is 1. The first-order valence-electron chi connectivity index (χ1n) is 6.75. The number of Topliss-reactive ketones (excluding diaryl/α,β-unsaturated/α-hetero) is 1. The van der Waals surface area contributed by atoms with E-state index in [1.165, 1.54) is 12.1 Å². The van der Waals surface area contributed by atoms with Crippen molar-refractivity contribution in [1.82, 2.24) is 0 Å². The Morgan fingerprint density at radius 1 is 1.10 bits per heavy atom. The smallest absolute Gasteiger partial charge is 0.200 e. The van der Waals surface area contributed by atoms with Crippen molar-refractivity contribution in [2.45, 2.75) is 13.8 Å². The maximum atomic E-state index is 13.1. The largest absolute Gasteiger partial charge is 0.494 e. The molecule has 0 aliphatic heterocycles. The van der Waals surface area contributed by atoms with Gasteiger partial charge in [-0.05, 0) is 49.7 Å². The lowest BCUT2D eigenvalue weighted by molar-refractivity contribution is 0.0921. The fourth-order valence-corrected chi connectivity index (χ4v) is 1.86. The molecule has 0 saturated heterocycles. The van der Waals surface area contributed by atoms with E-state index >= 15 is 0 Å². The predicted molar refractivity (Wildman–Crippen MR) is 78.6 cm³/mol. The average molecular weight is 288 g/mol. The van der Waals surface area contributed by atoms with Gasteiger partial charge < -0.3 is 9.47 Å². The Labute approximate surface area is 123 Å². The molecule has 0 spiro atoms. The predicted octanol–water partition coefficient (Wildman–Crippen LogP) is 3.79. The normalized spacial score (nSPS) is 10.2. The quantitative estimate of drug-likeness (QED) is 0.759. The van der Waals surface area contributed by atoms with Crippen LogP contribution in [-0.2, 0) is 0 Å². The van der Waals surface area contributed by atoms with Gasteiger partial charge in [0.25, 0.3) is 0 Å². The van der Waals surface area contributed by atoms with E-state index in [9.17, 15) is 9.18 Å². The number of benzene rings is 2. The third-order valence-electron chi connectivity index (χ3n) is 3.00. The van der Waals surface area contributed by atoms with E-state index in [-0.39, 0.29) is 18.2 Å². The lowest BCUT2D eigenvalue weighted by Gasteiger charge is -2.09. The first-order valence-corrected chi connectivity index (χ1v) is 6.75. The molecule has 0 saturated carbocycles. The van der Waals surface area contributed by atoms with Crippen molar-refractivity contribution >= 4 is 5.78 Å². The molecule has 3 nitrogen and oxygen atoms in total. The summed E-state index contributed by atoms with van der Waals surface area (Å²) in [5.41, 5.74) is 1.32. The SMILES string of the molecule is CCOc1ccc(C(=O)COc2cc(F)ccc2C)cc1. The van der Waals surface area contributed by atoms with Crippen molar-refractivity contribution in [2.75, 3.05) is 13.2 Å². The van der Waals surface area contributed by atoms with Crippen LogP contribution in [0.25, 0.3) is 0 Å². The minimum atomic E-state index is -0.385. The molecule has 4 heteroatoms. The van der Waals surface area contributed by atoms with Gasteiger partial charge in [-0.1, -0.05) is 6.07 Å². The zero-order valence-electron chi connectivity index (χ0n) is 12.1. The molecule has 0 unspecified atom stereocenters. The van der Waals surface area contributed by atoms with Gasteiger partial charge in [0, 0.05) is 11.6 Å². The fraction of sp³-hybridized carbons (Fsp3) is 0.235. The second kappa shape index (κ2) is 6.88. The first-order chi connectivity index (χ1) is 10.1. The van der Waals surface area contributed by atoms with Crippen LogP contribution in [0.1, 0.15) is 22.8 Å². The van der Waals surface area contributed by atoms with Gasteiger partial charge in [-0.25, -0.2) is 4.39 Å². The zero-order valence-corrected chi connectivity index (χ0v) is 12.1. The fourth-order valence-electron chi connectivity index (χ4n) is 1.86. The molecule has 0 fully saturated rings. The number of hydrogen-bond donors (Lipinski definition) is 0. The number of carbonyl (C=O) groups excluding carboxylic acids is 1. The van der Waals surface area contributed by atoms with Crippen molar-refractivity contribution < 1.29 is 18.7 Å². The van der Waals surface area contributed by atoms with Crippen LogP contribution in [-0.4, -0.2) is 19.0 Å². The van der Waals surface area contributed by atoms with Crippen LogP contribution in [0.2, 0.25) is 0 Å². The van der Waals surface area contributed by atoms with E-state index in [4.69, 9.17) is 9.47 Å². The highest BCUT2D eigenvalue weighted by Crippen LogP contribution is 2.19. The summed E-state index contributed by atoms with van der Waals surface area (Å²) in [6.45, 7) is 4.15. The van der Waals surface area contributed by atoms with Gasteiger partial charge in [-0.15, -0.1) is 0 Å². The van der Waals surface area contributed by atoms with E-state index < -0.39 is 0 Å². The number of halogens is 1. The minimum absolute atomic E-state index is 0.127. The molecule has 0 radical (unpaired) electrons. The summed E-state index contributed by atoms with van der Waals surface area (Å²) in [7, 11) is 0. The Morgan fingerprint density at radius 2 is 1.81 bits per heavy atom. The summed E-state index contributed by atoms with van der Waals surface area (Å²) in [4.78, 5) is 12.0. The van der Waals surface area contributed by atoms with Gasteiger partial charge in [0.15, 0.2) is 12.4 Å². The molecule has 0 aliphatic carbocycles. The van der Waals surface area contributed by atoms with Gasteiger partial charge in [0.1, 0.15) is 17.3 Å². The van der Waals surface area contributed by atoms with Crippen molar-refractivity contribution in [3.63, 3.8) is 0 Å². The molecule has 2 rings (SSSR count). The third kappa shape index (κ3) is 4.05. The van der Waals surface area contributed by atoms with Crippen molar-refractivity contribution in [2.24, 2.45) is 0 Å². The van der Waals surface area contributed by atoms with Crippen LogP contribution < -0.4 is 9.47 Å². The second-order valence-corrected chi connectivity index (χ2v) is 4.58. The molecule has 0 bridgehead atoms. The summed E-state index contributed by atoms with van der Waals surface area (Å²) in [6, 6.07) is 11.1. The van der Waals surface area contributed by atoms with Crippen molar-refractivity contribution in [3.8, 4) is 11.5 Å². The molecular formula is C17H17FO3. The number of hydrogen-bond acceptors (Lipinski definition) is 3. The summed E-state index contributed by atoms with van der Waals surface area (Å²) < 4.78 is 23.8. The van der Waals surface area contributed by atoms with Crippen molar-refractivity contribution in [3.05, 3.63) is 59.4 Å². The summed E-state index contributed by atoms with van der Waals surface area (Å²) >= 11 is 0. The minimum Gasteiger partial charge on any atom is -0.494 e. The Bertz CT molecular complexity index is 620. The Morgan fingerprint density at radius 3 is 2.48 bits per heavy atom. The average Bonchev–Trinajstić information content (AvgIpc) is 2.49. The van der Waals surface area contributed by atoms with E-state index in [1.807, 2.05) is 6.92 Å². The molecule has 2 aromatic carbocycles. The molecule has 0 N–H and O–H groups in total. The molecule has 0 atom stereocenters. The first kappa shape index (κ1) is 15.0. The van der Waals surface area contributed by atoms with E-state index in [0.29, 0.717) is 17.9 Å². The molecule has 2 aromatic rings. The Balaban J connectivity index is 1.99. The molecule has 0 amide bonds. The summed E-state index contributed by atoms with van der Waals surface area (Å²) in [5, 5.41) is 0. The van der Waals surface area contributed by atoms with Gasteiger partial charge in [0.2, 0.25) is 0 Å². The van der Waals surface area contributed by atoms with Crippen LogP contribution in [0.3, 0.4) is 0 Å². The topological polar surface area (TPSA) is 35.5 Å². The Hall–Kier alpha value is -2.36. The van der Waals surface area contributed by atoms with E-state index in [0.717, 1.165) is 11.3 Å². The summed E-state index contributed by atoms with van der Waals surface area (Å²) in [5.74, 6) is 0.552. The zero-order chi connectivity index (χ0) is 15.2. The van der Waals surface area contributed by atoms with Crippen LogP contribution in [0.5, 0.6) is 11.5 Å². The van der Waals surface area contributed by atoms with Crippen LogP contribution in [0, 0.1) is 12.7 Å². The van der Waals surface area contributed by atoms with Crippen LogP contribution >= 0.6 is 0 Å². The van der Waals surface area contributed by atoms with Gasteiger partial charge in [-0.3, -0.25) is 4.79 Å². The molecule has 0 heterocycles. The number of ketones is 1. The lowest BCUT2D eigenvalue weighted by Crippen LogP contribution is -2.12. The van der Waals surface area contributed by atoms with Crippen LogP contribution in [0.15, 0.2) is 42.5 Å². The molecule has 21 heavy (non-hydrogen) atoms. The second-order valence-electron chi connectivity index (χ2n) is 4.58. The highest BCUT2D eigenvalue weighted by Gasteiger charge is 2.09. The maximum absolute atomic E-state index is 13.1. The monoisotopic (exact) mass is 288 g/mol. The third-order valence-corrected chi connectivity index (χ3v) is 3.00. The number of carbonyl (C=O) groups is 1. The van der Waals surface area contributed by atoms with Gasteiger partial charge in [0.05, 0.1) is 6.61 Å². The standard InChI is InChI=1S/C17H17FO3/c1-3-20-15-8-5-13(6-9-15)16(19)11-21-17-10-14(18)7-4-12(17)2/h4-10H,3,11H2,1-2H3. The molecular weight excluding hydrogens is 271 g/mol. The molecule has 0 aromatic heterocycles. The van der Waals surface area contributed by atoms with Gasteiger partial charge >= 0.3 is 0 Å². The maximum Gasteiger partial charge on any atom is 0.200 e. The lowest BCUT2D eigenvalue weighted by atomic mass is 10.1. The number of ether oxygens (including phenoxy) is 2. The molecule has 0 aliphatic rings.